The minimum atomic E-state index is -0.727. The zero-order valence-electron chi connectivity index (χ0n) is 9.91. The zero-order chi connectivity index (χ0) is 12.7. The minimum Gasteiger partial charge on any atom is -0.494 e. The molecule has 0 radical (unpaired) electrons. The first kappa shape index (κ1) is 14.0. The second-order valence-electron chi connectivity index (χ2n) is 3.96. The molecule has 0 unspecified atom stereocenters. The Labute approximate surface area is 110 Å². The van der Waals surface area contributed by atoms with E-state index in [1.807, 2.05) is 25.1 Å². The van der Waals surface area contributed by atoms with Crippen molar-refractivity contribution in [2.75, 3.05) is 6.61 Å². The van der Waals surface area contributed by atoms with Gasteiger partial charge in [0.25, 0.3) is 0 Å². The summed E-state index contributed by atoms with van der Waals surface area (Å²) in [6, 6.07) is 5.88. The monoisotopic (exact) mass is 300 g/mol. The second kappa shape index (κ2) is 7.33. The van der Waals surface area contributed by atoms with Crippen LogP contribution >= 0.6 is 15.9 Å². The molecule has 0 aliphatic heterocycles. The lowest BCUT2D eigenvalue weighted by Crippen LogP contribution is -1.99. The molecule has 0 aliphatic rings. The number of rotatable bonds is 7. The zero-order valence-corrected chi connectivity index (χ0v) is 11.5. The van der Waals surface area contributed by atoms with Crippen LogP contribution in [0.2, 0.25) is 0 Å². The Kier molecular flexibility index (Phi) is 6.05. The third kappa shape index (κ3) is 5.73. The summed E-state index contributed by atoms with van der Waals surface area (Å²) >= 11 is 3.43. The summed E-state index contributed by atoms with van der Waals surface area (Å²) in [5.41, 5.74) is 1.15. The molecule has 1 N–H and O–H groups in total. The molecule has 94 valence electrons. The van der Waals surface area contributed by atoms with Gasteiger partial charge >= 0.3 is 5.97 Å². The Bertz CT molecular complexity index is 377. The standard InChI is InChI=1S/C13H17BrO3/c1-10-9-11(6-7-12(10)14)17-8-4-2-3-5-13(15)16/h6-7,9H,2-5,8H2,1H3,(H,15,16). The van der Waals surface area contributed by atoms with Crippen LogP contribution in [0.25, 0.3) is 0 Å². The van der Waals surface area contributed by atoms with Gasteiger partial charge in [-0.1, -0.05) is 15.9 Å². The highest BCUT2D eigenvalue weighted by Gasteiger charge is 1.99. The first-order valence-corrected chi connectivity index (χ1v) is 6.49. The molecule has 0 aliphatic carbocycles. The number of aryl methyl sites for hydroxylation is 1. The Morgan fingerprint density at radius 2 is 2.12 bits per heavy atom. The highest BCUT2D eigenvalue weighted by Crippen LogP contribution is 2.21. The van der Waals surface area contributed by atoms with Crippen molar-refractivity contribution in [3.05, 3.63) is 28.2 Å². The van der Waals surface area contributed by atoms with Crippen LogP contribution in [0.3, 0.4) is 0 Å². The number of hydrogen-bond donors (Lipinski definition) is 1. The number of aliphatic carboxylic acids is 1. The molecule has 1 rings (SSSR count). The lowest BCUT2D eigenvalue weighted by Gasteiger charge is -2.07. The molecule has 0 saturated heterocycles. The Morgan fingerprint density at radius 1 is 1.35 bits per heavy atom. The lowest BCUT2D eigenvalue weighted by atomic mass is 10.2. The smallest absolute Gasteiger partial charge is 0.303 e. The average Bonchev–Trinajstić information content (AvgIpc) is 2.27. The van der Waals surface area contributed by atoms with E-state index in [4.69, 9.17) is 9.84 Å². The van der Waals surface area contributed by atoms with E-state index in [2.05, 4.69) is 15.9 Å². The molecular weight excluding hydrogens is 284 g/mol. The van der Waals surface area contributed by atoms with Crippen molar-refractivity contribution in [2.45, 2.75) is 32.6 Å². The van der Waals surface area contributed by atoms with Crippen LogP contribution in [-0.4, -0.2) is 17.7 Å². The van der Waals surface area contributed by atoms with Gasteiger partial charge in [-0.3, -0.25) is 4.79 Å². The van der Waals surface area contributed by atoms with Gasteiger partial charge in [-0.05, 0) is 49.9 Å². The summed E-state index contributed by atoms with van der Waals surface area (Å²) in [5.74, 6) is 0.137. The Hall–Kier alpha value is -1.03. The van der Waals surface area contributed by atoms with Gasteiger partial charge in [0.15, 0.2) is 0 Å². The van der Waals surface area contributed by atoms with Crippen molar-refractivity contribution in [3.8, 4) is 5.75 Å². The van der Waals surface area contributed by atoms with Crippen LogP contribution in [0.1, 0.15) is 31.2 Å². The fraction of sp³-hybridized carbons (Fsp3) is 0.462. The van der Waals surface area contributed by atoms with Gasteiger partial charge in [-0.15, -0.1) is 0 Å². The van der Waals surface area contributed by atoms with Crippen molar-refractivity contribution < 1.29 is 14.6 Å². The fourth-order valence-corrected chi connectivity index (χ4v) is 1.70. The molecule has 0 heterocycles. The number of benzene rings is 1. The van der Waals surface area contributed by atoms with E-state index in [9.17, 15) is 4.79 Å². The van der Waals surface area contributed by atoms with E-state index in [0.717, 1.165) is 35.0 Å². The van der Waals surface area contributed by atoms with E-state index < -0.39 is 5.97 Å². The number of hydrogen-bond acceptors (Lipinski definition) is 2. The average molecular weight is 301 g/mol. The van der Waals surface area contributed by atoms with E-state index in [1.165, 1.54) is 0 Å². The van der Waals surface area contributed by atoms with Crippen molar-refractivity contribution >= 4 is 21.9 Å². The molecule has 17 heavy (non-hydrogen) atoms. The van der Waals surface area contributed by atoms with E-state index >= 15 is 0 Å². The number of carbonyl (C=O) groups is 1. The van der Waals surface area contributed by atoms with Crippen molar-refractivity contribution in [2.24, 2.45) is 0 Å². The maximum atomic E-state index is 10.3. The lowest BCUT2D eigenvalue weighted by molar-refractivity contribution is -0.137. The number of unbranched alkanes of at least 4 members (excludes halogenated alkanes) is 2. The summed E-state index contributed by atoms with van der Waals surface area (Å²) in [6.07, 6.45) is 2.75. The van der Waals surface area contributed by atoms with Gasteiger partial charge in [0, 0.05) is 10.9 Å². The van der Waals surface area contributed by atoms with Gasteiger partial charge in [-0.25, -0.2) is 0 Å². The third-order valence-electron chi connectivity index (χ3n) is 2.43. The summed E-state index contributed by atoms with van der Waals surface area (Å²) in [7, 11) is 0. The third-order valence-corrected chi connectivity index (χ3v) is 3.32. The molecule has 0 atom stereocenters. The predicted octanol–water partition coefficient (Wildman–Crippen LogP) is 3.78. The van der Waals surface area contributed by atoms with Crippen LogP contribution in [0.5, 0.6) is 5.75 Å². The second-order valence-corrected chi connectivity index (χ2v) is 4.82. The maximum Gasteiger partial charge on any atom is 0.303 e. The van der Waals surface area contributed by atoms with Crippen LogP contribution in [0, 0.1) is 6.92 Å². The first-order valence-electron chi connectivity index (χ1n) is 5.70. The highest BCUT2D eigenvalue weighted by atomic mass is 79.9. The van der Waals surface area contributed by atoms with Crippen molar-refractivity contribution in [3.63, 3.8) is 0 Å². The molecular formula is C13H17BrO3. The van der Waals surface area contributed by atoms with Crippen LogP contribution < -0.4 is 4.74 Å². The topological polar surface area (TPSA) is 46.5 Å². The van der Waals surface area contributed by atoms with Gasteiger partial charge < -0.3 is 9.84 Å². The SMILES string of the molecule is Cc1cc(OCCCCCC(=O)O)ccc1Br. The predicted molar refractivity (Wildman–Crippen MR) is 70.5 cm³/mol. The van der Waals surface area contributed by atoms with E-state index in [1.54, 1.807) is 0 Å². The Balaban J connectivity index is 2.18. The molecule has 4 heteroatoms. The molecule has 0 bridgehead atoms. The number of halogens is 1. The van der Waals surface area contributed by atoms with E-state index in [-0.39, 0.29) is 6.42 Å². The number of carboxylic acids is 1. The van der Waals surface area contributed by atoms with Crippen molar-refractivity contribution in [1.29, 1.82) is 0 Å². The summed E-state index contributed by atoms with van der Waals surface area (Å²) < 4.78 is 6.66. The fourth-order valence-electron chi connectivity index (χ4n) is 1.45. The largest absolute Gasteiger partial charge is 0.494 e. The molecule has 0 saturated carbocycles. The molecule has 0 fully saturated rings. The summed E-state index contributed by atoms with van der Waals surface area (Å²) in [4.78, 5) is 10.3. The van der Waals surface area contributed by atoms with Gasteiger partial charge in [0.1, 0.15) is 5.75 Å². The van der Waals surface area contributed by atoms with Gasteiger partial charge in [0.05, 0.1) is 6.61 Å². The Morgan fingerprint density at radius 3 is 2.76 bits per heavy atom. The summed E-state index contributed by atoms with van der Waals surface area (Å²) in [6.45, 7) is 2.66. The maximum absolute atomic E-state index is 10.3. The normalized spacial score (nSPS) is 10.2. The quantitative estimate of drug-likeness (QED) is 0.780. The van der Waals surface area contributed by atoms with Crippen LogP contribution in [0.4, 0.5) is 0 Å². The molecule has 1 aromatic carbocycles. The number of carboxylic acid groups (broad SMARTS) is 1. The highest BCUT2D eigenvalue weighted by molar-refractivity contribution is 9.10. The molecule has 0 spiro atoms. The minimum absolute atomic E-state index is 0.247. The van der Waals surface area contributed by atoms with Gasteiger partial charge in [0.2, 0.25) is 0 Å². The van der Waals surface area contributed by atoms with Crippen LogP contribution in [0.15, 0.2) is 22.7 Å². The van der Waals surface area contributed by atoms with Crippen LogP contribution in [-0.2, 0) is 4.79 Å². The molecule has 1 aromatic rings. The molecule has 3 nitrogen and oxygen atoms in total. The van der Waals surface area contributed by atoms with Crippen molar-refractivity contribution in [1.82, 2.24) is 0 Å². The number of ether oxygens (including phenoxy) is 1. The first-order chi connectivity index (χ1) is 8.09. The van der Waals surface area contributed by atoms with E-state index in [0.29, 0.717) is 6.61 Å². The van der Waals surface area contributed by atoms with Gasteiger partial charge in [-0.2, -0.15) is 0 Å². The molecule has 0 aromatic heterocycles. The molecule has 0 amide bonds. The summed E-state index contributed by atoms with van der Waals surface area (Å²) in [5, 5.41) is 8.47.